The van der Waals surface area contributed by atoms with Crippen molar-refractivity contribution in [2.24, 2.45) is 10.8 Å². The van der Waals surface area contributed by atoms with E-state index in [-0.39, 0.29) is 7.43 Å². The van der Waals surface area contributed by atoms with E-state index >= 15 is 0 Å². The lowest BCUT2D eigenvalue weighted by molar-refractivity contribution is 0.0875. The van der Waals surface area contributed by atoms with Crippen LogP contribution in [-0.2, 0) is 0 Å². The van der Waals surface area contributed by atoms with Crippen LogP contribution in [0.4, 0.5) is 0 Å². The highest BCUT2D eigenvalue weighted by molar-refractivity contribution is 4.89. The van der Waals surface area contributed by atoms with Crippen molar-refractivity contribution in [3.05, 3.63) is 0 Å². The molecule has 0 saturated carbocycles. The molecule has 0 unspecified atom stereocenters. The first-order valence-corrected chi connectivity index (χ1v) is 10.4. The number of piperidine rings is 4. The summed E-state index contributed by atoms with van der Waals surface area (Å²) in [6.45, 7) is 10.3. The molecule has 0 amide bonds. The third-order valence-electron chi connectivity index (χ3n) is 7.42. The number of hydrogen-bond acceptors (Lipinski definition) is 4. The molecule has 148 valence electrons. The van der Waals surface area contributed by atoms with Crippen molar-refractivity contribution in [1.29, 1.82) is 0 Å². The van der Waals surface area contributed by atoms with Gasteiger partial charge < -0.3 is 20.4 Å². The first kappa shape index (κ1) is 21.1. The van der Waals surface area contributed by atoms with Crippen LogP contribution in [0.3, 0.4) is 0 Å². The highest BCUT2D eigenvalue weighted by Crippen LogP contribution is 2.39. The van der Waals surface area contributed by atoms with Gasteiger partial charge in [0, 0.05) is 0 Å². The van der Waals surface area contributed by atoms with Gasteiger partial charge in [0.2, 0.25) is 0 Å². The molecule has 4 heteroatoms. The molecule has 0 aromatic carbocycles. The molecular formula is C21H44N4. The lowest BCUT2D eigenvalue weighted by atomic mass is 9.72. The summed E-state index contributed by atoms with van der Waals surface area (Å²) in [7, 11) is 4.49. The number of rotatable bonds is 0. The summed E-state index contributed by atoms with van der Waals surface area (Å²) in [5, 5.41) is 6.91. The zero-order valence-corrected chi connectivity index (χ0v) is 16.2. The minimum absolute atomic E-state index is 0. The van der Waals surface area contributed by atoms with Gasteiger partial charge in [0.25, 0.3) is 0 Å². The molecule has 0 aromatic rings. The standard InChI is InChI=1S/2C10H20N2.CH4/c2*1-12-8-4-10(5-9-12)2-6-11-7-3-10;/h2*11H,2-9H2,1H3;1H4. The summed E-state index contributed by atoms with van der Waals surface area (Å²) >= 11 is 0. The average molecular weight is 353 g/mol. The van der Waals surface area contributed by atoms with Crippen LogP contribution in [0.15, 0.2) is 0 Å². The van der Waals surface area contributed by atoms with Crippen LogP contribution in [0.5, 0.6) is 0 Å². The third kappa shape index (κ3) is 5.92. The number of nitrogens with zero attached hydrogens (tertiary/aromatic N) is 2. The van der Waals surface area contributed by atoms with E-state index in [9.17, 15) is 0 Å². The SMILES string of the molecule is C.CN1CCC2(CCNCC2)CC1.CN1CCC2(CCNCC2)CC1. The maximum atomic E-state index is 3.45. The van der Waals surface area contributed by atoms with E-state index in [0.717, 1.165) is 10.8 Å². The van der Waals surface area contributed by atoms with Gasteiger partial charge in [0.15, 0.2) is 0 Å². The van der Waals surface area contributed by atoms with E-state index in [1.165, 1.54) is 104 Å². The Hall–Kier alpha value is -0.160. The largest absolute Gasteiger partial charge is 0.317 e. The lowest BCUT2D eigenvalue weighted by Gasteiger charge is -2.43. The first-order chi connectivity index (χ1) is 11.6. The fourth-order valence-corrected chi connectivity index (χ4v) is 5.10. The smallest absolute Gasteiger partial charge is 0.00165 e. The van der Waals surface area contributed by atoms with Crippen LogP contribution < -0.4 is 10.6 Å². The lowest BCUT2D eigenvalue weighted by Crippen LogP contribution is -2.44. The van der Waals surface area contributed by atoms with Gasteiger partial charge in [0.05, 0.1) is 0 Å². The predicted molar refractivity (Wildman–Crippen MR) is 109 cm³/mol. The van der Waals surface area contributed by atoms with Gasteiger partial charge in [-0.1, -0.05) is 7.43 Å². The Morgan fingerprint density at radius 2 is 0.800 bits per heavy atom. The van der Waals surface area contributed by atoms with Crippen molar-refractivity contribution in [2.45, 2.75) is 58.8 Å². The van der Waals surface area contributed by atoms with E-state index in [1.807, 2.05) is 0 Å². The normalized spacial score (nSPS) is 29.5. The van der Waals surface area contributed by atoms with E-state index in [2.05, 4.69) is 34.5 Å². The number of likely N-dealkylation sites (tertiary alicyclic amines) is 2. The highest BCUT2D eigenvalue weighted by Gasteiger charge is 2.35. The van der Waals surface area contributed by atoms with E-state index in [0.29, 0.717) is 0 Å². The second-order valence-corrected chi connectivity index (χ2v) is 9.11. The molecule has 2 spiro atoms. The molecular weight excluding hydrogens is 308 g/mol. The van der Waals surface area contributed by atoms with Crippen molar-refractivity contribution in [3.63, 3.8) is 0 Å². The van der Waals surface area contributed by atoms with Crippen LogP contribution in [0.1, 0.15) is 58.8 Å². The van der Waals surface area contributed by atoms with Crippen molar-refractivity contribution < 1.29 is 0 Å². The molecule has 4 heterocycles. The molecule has 0 radical (unpaired) electrons. The zero-order chi connectivity index (χ0) is 16.9. The minimum atomic E-state index is 0. The van der Waals surface area contributed by atoms with Gasteiger partial charge in [0.1, 0.15) is 0 Å². The van der Waals surface area contributed by atoms with Gasteiger partial charge in [-0.3, -0.25) is 0 Å². The second-order valence-electron chi connectivity index (χ2n) is 9.11. The molecule has 25 heavy (non-hydrogen) atoms. The molecule has 4 saturated heterocycles. The van der Waals surface area contributed by atoms with E-state index in [1.54, 1.807) is 0 Å². The van der Waals surface area contributed by atoms with Crippen LogP contribution in [-0.4, -0.2) is 76.3 Å². The molecule has 2 N–H and O–H groups in total. The Morgan fingerprint density at radius 1 is 0.520 bits per heavy atom. The van der Waals surface area contributed by atoms with Gasteiger partial charge >= 0.3 is 0 Å². The Morgan fingerprint density at radius 3 is 1.08 bits per heavy atom. The molecule has 4 nitrogen and oxygen atoms in total. The molecule has 4 aliphatic rings. The van der Waals surface area contributed by atoms with Crippen molar-refractivity contribution in [2.75, 3.05) is 66.5 Å². The summed E-state index contributed by atoms with van der Waals surface area (Å²) in [4.78, 5) is 4.93. The fourth-order valence-electron chi connectivity index (χ4n) is 5.10. The highest BCUT2D eigenvalue weighted by atomic mass is 15.1. The van der Waals surface area contributed by atoms with Crippen molar-refractivity contribution in [3.8, 4) is 0 Å². The third-order valence-corrected chi connectivity index (χ3v) is 7.42. The molecule has 4 aliphatic heterocycles. The average Bonchev–Trinajstić information content (AvgIpc) is 2.63. The molecule has 0 atom stereocenters. The Labute approximate surface area is 157 Å². The Kier molecular flexibility index (Phi) is 8.19. The van der Waals surface area contributed by atoms with Crippen molar-refractivity contribution >= 4 is 0 Å². The topological polar surface area (TPSA) is 30.5 Å². The van der Waals surface area contributed by atoms with Gasteiger partial charge in [-0.2, -0.15) is 0 Å². The second kappa shape index (κ2) is 9.68. The summed E-state index contributed by atoms with van der Waals surface area (Å²) in [5.74, 6) is 0. The maximum absolute atomic E-state index is 3.45. The van der Waals surface area contributed by atoms with Gasteiger partial charge in [-0.05, 0) is 129 Å². The van der Waals surface area contributed by atoms with Gasteiger partial charge in [-0.15, -0.1) is 0 Å². The minimum Gasteiger partial charge on any atom is -0.317 e. The van der Waals surface area contributed by atoms with Crippen LogP contribution >= 0.6 is 0 Å². The van der Waals surface area contributed by atoms with Crippen LogP contribution in [0.2, 0.25) is 0 Å². The summed E-state index contributed by atoms with van der Waals surface area (Å²) < 4.78 is 0. The quantitative estimate of drug-likeness (QED) is 0.702. The summed E-state index contributed by atoms with van der Waals surface area (Å²) in [6, 6.07) is 0. The Balaban J connectivity index is 0.000000173. The van der Waals surface area contributed by atoms with Crippen LogP contribution in [0.25, 0.3) is 0 Å². The number of nitrogens with one attached hydrogen (secondary N) is 2. The monoisotopic (exact) mass is 352 g/mol. The Bertz CT molecular complexity index is 316. The van der Waals surface area contributed by atoms with E-state index in [4.69, 9.17) is 0 Å². The molecule has 4 fully saturated rings. The van der Waals surface area contributed by atoms with Crippen LogP contribution in [0, 0.1) is 10.8 Å². The molecule has 0 aromatic heterocycles. The predicted octanol–water partition coefficient (Wildman–Crippen LogP) is 2.80. The number of hydrogen-bond donors (Lipinski definition) is 2. The van der Waals surface area contributed by atoms with E-state index < -0.39 is 0 Å². The molecule has 4 rings (SSSR count). The summed E-state index contributed by atoms with van der Waals surface area (Å²) in [5.41, 5.74) is 1.47. The summed E-state index contributed by atoms with van der Waals surface area (Å²) in [6.07, 6.45) is 11.4. The zero-order valence-electron chi connectivity index (χ0n) is 16.2. The van der Waals surface area contributed by atoms with Gasteiger partial charge in [-0.25, -0.2) is 0 Å². The maximum Gasteiger partial charge on any atom is -0.00165 e. The first-order valence-electron chi connectivity index (χ1n) is 10.4. The molecule has 0 bridgehead atoms. The van der Waals surface area contributed by atoms with Crippen molar-refractivity contribution in [1.82, 2.24) is 20.4 Å². The molecule has 0 aliphatic carbocycles. The fraction of sp³-hybridized carbons (Fsp3) is 1.00.